The molecular weight excluding hydrogens is 405 g/mol. The standard InChI is InChI=1S/C23H21F3N4O.2H2/c1-15-17(8-5-11-27-15)22(31)21-18(23(24,25)26)9-10-20(29-21)30-13-12-28-19(14-30)16-6-3-2-4-7-16;;/h2-11,19,28H,12-14H2,1H3;2*1H. The van der Waals surface area contributed by atoms with Crippen LogP contribution in [0.3, 0.4) is 0 Å². The number of piperazine rings is 1. The van der Waals surface area contributed by atoms with E-state index in [9.17, 15) is 18.0 Å². The van der Waals surface area contributed by atoms with Gasteiger partial charge in [-0.05, 0) is 36.8 Å². The van der Waals surface area contributed by atoms with E-state index in [1.54, 1.807) is 6.92 Å². The summed E-state index contributed by atoms with van der Waals surface area (Å²) in [5.41, 5.74) is -0.0872. The van der Waals surface area contributed by atoms with Crippen molar-refractivity contribution in [2.75, 3.05) is 24.5 Å². The number of rotatable bonds is 4. The van der Waals surface area contributed by atoms with Crippen molar-refractivity contribution in [1.29, 1.82) is 0 Å². The predicted molar refractivity (Wildman–Crippen MR) is 115 cm³/mol. The van der Waals surface area contributed by atoms with Gasteiger partial charge in [-0.3, -0.25) is 9.78 Å². The fraction of sp³-hybridized carbons (Fsp3) is 0.261. The summed E-state index contributed by atoms with van der Waals surface area (Å²) in [6.45, 7) is 3.33. The summed E-state index contributed by atoms with van der Waals surface area (Å²) in [6.07, 6.45) is -3.20. The molecule has 0 saturated carbocycles. The second-order valence-corrected chi connectivity index (χ2v) is 7.39. The Labute approximate surface area is 180 Å². The van der Waals surface area contributed by atoms with E-state index < -0.39 is 23.2 Å². The average Bonchev–Trinajstić information content (AvgIpc) is 2.78. The van der Waals surface area contributed by atoms with Gasteiger partial charge in [0.1, 0.15) is 11.5 Å². The fourth-order valence-electron chi connectivity index (χ4n) is 3.75. The number of carbonyl (C=O) groups is 1. The lowest BCUT2D eigenvalue weighted by molar-refractivity contribution is -0.138. The van der Waals surface area contributed by atoms with E-state index in [4.69, 9.17) is 0 Å². The number of halogens is 3. The Morgan fingerprint density at radius 3 is 2.61 bits per heavy atom. The maximum absolute atomic E-state index is 13.7. The lowest BCUT2D eigenvalue weighted by atomic mass is 10.0. The first kappa shape index (κ1) is 21.0. The zero-order chi connectivity index (χ0) is 22.0. The maximum atomic E-state index is 13.7. The number of pyridine rings is 2. The van der Waals surface area contributed by atoms with Crippen molar-refractivity contribution < 1.29 is 20.8 Å². The van der Waals surface area contributed by atoms with Crippen LogP contribution in [-0.2, 0) is 6.18 Å². The van der Waals surface area contributed by atoms with E-state index in [0.29, 0.717) is 31.1 Å². The van der Waals surface area contributed by atoms with Crippen LogP contribution in [0.15, 0.2) is 60.8 Å². The van der Waals surface area contributed by atoms with Crippen molar-refractivity contribution in [3.05, 3.63) is 88.9 Å². The number of benzene rings is 1. The van der Waals surface area contributed by atoms with Crippen molar-refractivity contribution in [1.82, 2.24) is 15.3 Å². The van der Waals surface area contributed by atoms with Crippen LogP contribution in [-0.4, -0.2) is 35.4 Å². The van der Waals surface area contributed by atoms with E-state index in [2.05, 4.69) is 15.3 Å². The average molecular weight is 430 g/mol. The van der Waals surface area contributed by atoms with Gasteiger partial charge in [0.15, 0.2) is 0 Å². The number of anilines is 1. The van der Waals surface area contributed by atoms with Crippen molar-refractivity contribution in [2.45, 2.75) is 19.1 Å². The summed E-state index contributed by atoms with van der Waals surface area (Å²) in [5.74, 6) is -0.435. The number of carbonyl (C=O) groups excluding carboxylic acids is 1. The second-order valence-electron chi connectivity index (χ2n) is 7.39. The third-order valence-corrected chi connectivity index (χ3v) is 5.35. The van der Waals surface area contributed by atoms with Crippen LogP contribution in [0.25, 0.3) is 0 Å². The number of nitrogens with zero attached hydrogens (tertiary/aromatic N) is 3. The van der Waals surface area contributed by atoms with Crippen LogP contribution in [0, 0.1) is 6.92 Å². The molecule has 0 amide bonds. The highest BCUT2D eigenvalue weighted by molar-refractivity contribution is 6.09. The Morgan fingerprint density at radius 1 is 1.13 bits per heavy atom. The number of hydrogen-bond acceptors (Lipinski definition) is 5. The molecule has 2 aromatic heterocycles. The van der Waals surface area contributed by atoms with Gasteiger partial charge in [-0.1, -0.05) is 30.3 Å². The highest BCUT2D eigenvalue weighted by atomic mass is 19.4. The van der Waals surface area contributed by atoms with E-state index in [-0.39, 0.29) is 14.5 Å². The van der Waals surface area contributed by atoms with Gasteiger partial charge in [-0.2, -0.15) is 13.2 Å². The molecule has 1 unspecified atom stereocenters. The highest BCUT2D eigenvalue weighted by Crippen LogP contribution is 2.34. The van der Waals surface area contributed by atoms with Crippen molar-refractivity contribution in [2.24, 2.45) is 0 Å². The Bertz CT molecular complexity index is 1100. The molecule has 8 heteroatoms. The number of aromatic nitrogens is 2. The fourth-order valence-corrected chi connectivity index (χ4v) is 3.75. The first-order valence-electron chi connectivity index (χ1n) is 9.92. The minimum Gasteiger partial charge on any atom is -0.353 e. The summed E-state index contributed by atoms with van der Waals surface area (Å²) >= 11 is 0. The van der Waals surface area contributed by atoms with Crippen LogP contribution < -0.4 is 10.2 Å². The minimum atomic E-state index is -4.69. The summed E-state index contributed by atoms with van der Waals surface area (Å²) in [7, 11) is 0. The number of aryl methyl sites for hydroxylation is 1. The Balaban J connectivity index is 0.00000193. The molecule has 1 N–H and O–H groups in total. The lowest BCUT2D eigenvalue weighted by Gasteiger charge is -2.35. The topological polar surface area (TPSA) is 58.1 Å². The minimum absolute atomic E-state index is 0. The zero-order valence-electron chi connectivity index (χ0n) is 16.9. The normalized spacial score (nSPS) is 16.9. The largest absolute Gasteiger partial charge is 0.418 e. The third-order valence-electron chi connectivity index (χ3n) is 5.35. The highest BCUT2D eigenvalue weighted by Gasteiger charge is 2.37. The van der Waals surface area contributed by atoms with Crippen LogP contribution in [0.1, 0.15) is 41.8 Å². The van der Waals surface area contributed by atoms with Gasteiger partial charge >= 0.3 is 6.18 Å². The van der Waals surface area contributed by atoms with Gasteiger partial charge in [0.2, 0.25) is 5.78 Å². The molecule has 1 atom stereocenters. The summed E-state index contributed by atoms with van der Waals surface area (Å²) in [4.78, 5) is 23.2. The summed E-state index contributed by atoms with van der Waals surface area (Å²) < 4.78 is 41.0. The predicted octanol–water partition coefficient (Wildman–Crippen LogP) is 4.68. The summed E-state index contributed by atoms with van der Waals surface area (Å²) in [6, 6.07) is 15.1. The molecule has 4 rings (SSSR count). The first-order valence-corrected chi connectivity index (χ1v) is 9.92. The Hall–Kier alpha value is -3.26. The molecule has 5 nitrogen and oxygen atoms in total. The van der Waals surface area contributed by atoms with E-state index >= 15 is 0 Å². The van der Waals surface area contributed by atoms with Crippen LogP contribution in [0.2, 0.25) is 0 Å². The number of ketones is 1. The van der Waals surface area contributed by atoms with Crippen molar-refractivity contribution >= 4 is 11.6 Å². The number of nitrogens with one attached hydrogen (secondary N) is 1. The van der Waals surface area contributed by atoms with Crippen LogP contribution >= 0.6 is 0 Å². The number of alkyl halides is 3. The van der Waals surface area contributed by atoms with Crippen molar-refractivity contribution in [3.63, 3.8) is 0 Å². The van der Waals surface area contributed by atoms with E-state index in [1.165, 1.54) is 24.4 Å². The van der Waals surface area contributed by atoms with Crippen LogP contribution in [0.4, 0.5) is 19.0 Å². The van der Waals surface area contributed by atoms with Crippen LogP contribution in [0.5, 0.6) is 0 Å². The van der Waals surface area contributed by atoms with Gasteiger partial charge in [-0.15, -0.1) is 0 Å². The molecule has 1 saturated heterocycles. The van der Waals surface area contributed by atoms with Gasteiger partial charge in [0.05, 0.1) is 5.56 Å². The quantitative estimate of drug-likeness (QED) is 0.609. The summed E-state index contributed by atoms with van der Waals surface area (Å²) in [5, 5.41) is 3.42. The Morgan fingerprint density at radius 2 is 1.90 bits per heavy atom. The molecule has 1 aliphatic heterocycles. The molecule has 1 aliphatic rings. The smallest absolute Gasteiger partial charge is 0.353 e. The molecule has 0 bridgehead atoms. The monoisotopic (exact) mass is 430 g/mol. The molecule has 0 spiro atoms. The molecule has 3 heterocycles. The van der Waals surface area contributed by atoms with Crippen molar-refractivity contribution in [3.8, 4) is 0 Å². The molecule has 1 fully saturated rings. The molecule has 164 valence electrons. The molecule has 0 aliphatic carbocycles. The second kappa shape index (κ2) is 8.47. The number of hydrogen-bond donors (Lipinski definition) is 1. The lowest BCUT2D eigenvalue weighted by Crippen LogP contribution is -2.46. The molecule has 0 radical (unpaired) electrons. The molecule has 3 aromatic rings. The molecular formula is C23H25F3N4O. The molecule has 1 aromatic carbocycles. The zero-order valence-corrected chi connectivity index (χ0v) is 16.9. The van der Waals surface area contributed by atoms with E-state index in [0.717, 1.165) is 11.6 Å². The SMILES string of the molecule is Cc1ncccc1C(=O)c1nc(N2CCNC(c3ccccc3)C2)ccc1C(F)(F)F.[HH].[HH]. The van der Waals surface area contributed by atoms with Gasteiger partial charge in [0, 0.05) is 46.0 Å². The van der Waals surface area contributed by atoms with Gasteiger partial charge in [0.25, 0.3) is 0 Å². The molecule has 31 heavy (non-hydrogen) atoms. The van der Waals surface area contributed by atoms with Gasteiger partial charge < -0.3 is 10.2 Å². The Kier molecular flexibility index (Phi) is 5.73. The van der Waals surface area contributed by atoms with E-state index in [1.807, 2.05) is 35.2 Å². The third kappa shape index (κ3) is 4.44. The first-order chi connectivity index (χ1) is 14.8. The maximum Gasteiger partial charge on any atom is 0.418 e. The van der Waals surface area contributed by atoms with Gasteiger partial charge in [-0.25, -0.2) is 4.98 Å².